The fraction of sp³-hybridized carbons (Fsp3) is 0. The molecule has 12 aromatic rings. The van der Waals surface area contributed by atoms with Crippen molar-refractivity contribution in [2.24, 2.45) is 0 Å². The molecule has 0 saturated carbocycles. The topological polar surface area (TPSA) is 32.3 Å². The van der Waals surface area contributed by atoms with Gasteiger partial charge >= 0.3 is 0 Å². The zero-order valence-corrected chi connectivity index (χ0v) is 31.4. The molecule has 0 aliphatic heterocycles. The molecule has 0 amide bonds. The number of rotatable bonds is 6. The van der Waals surface area contributed by atoms with Crippen LogP contribution in [0.4, 0.5) is 34.4 Å². The Hall–Kier alpha value is -7.82. The van der Waals surface area contributed by atoms with Crippen molar-refractivity contribution < 1.29 is 0 Å². The molecule has 0 radical (unpaired) electrons. The van der Waals surface area contributed by atoms with E-state index in [1.165, 1.54) is 64.6 Å². The summed E-state index contributed by atoms with van der Waals surface area (Å²) in [4.78, 5) is 14.8. The van der Waals surface area contributed by atoms with Gasteiger partial charge in [-0.3, -0.25) is 9.80 Å². The van der Waals surface area contributed by atoms with Gasteiger partial charge in [0.1, 0.15) is 11.6 Å². The lowest BCUT2D eigenvalue weighted by atomic mass is 9.91. The highest BCUT2D eigenvalue weighted by Crippen LogP contribution is 2.50. The standard InChI is InChI=1S/C54H34N4/c1-5-17-41-37(13-1)33-38-14-2-6-18-42(38)53(41)57(49-21-9-11-31-55-49)47-29-25-35-24-28-46-48(30-26-36-23-27-45(47)51(35)52(36)46)58(50-22-10-12-32-56-50)54-43-19-7-3-15-39(43)34-40-16-4-8-20-44(40)54/h1-34H. The van der Waals surface area contributed by atoms with Gasteiger partial charge in [-0.25, -0.2) is 9.97 Å². The third kappa shape index (κ3) is 4.88. The van der Waals surface area contributed by atoms with Gasteiger partial charge in [0.15, 0.2) is 0 Å². The molecule has 2 heterocycles. The van der Waals surface area contributed by atoms with Crippen molar-refractivity contribution in [1.82, 2.24) is 9.97 Å². The summed E-state index contributed by atoms with van der Waals surface area (Å²) < 4.78 is 0. The van der Waals surface area contributed by atoms with Crippen LogP contribution in [0.5, 0.6) is 0 Å². The summed E-state index contributed by atoms with van der Waals surface area (Å²) in [5.74, 6) is 1.73. The molecular formula is C54H34N4. The Bertz CT molecular complexity index is 3180. The van der Waals surface area contributed by atoms with E-state index in [9.17, 15) is 0 Å². The lowest BCUT2D eigenvalue weighted by Gasteiger charge is -2.30. The number of nitrogens with zero attached hydrogens (tertiary/aromatic N) is 4. The molecule has 12 rings (SSSR count). The maximum Gasteiger partial charge on any atom is 0.137 e. The van der Waals surface area contributed by atoms with Crippen molar-refractivity contribution in [2.45, 2.75) is 0 Å². The van der Waals surface area contributed by atoms with Gasteiger partial charge < -0.3 is 0 Å². The van der Waals surface area contributed by atoms with Crippen LogP contribution in [0.1, 0.15) is 0 Å². The minimum Gasteiger partial charge on any atom is -0.293 e. The second-order valence-corrected chi connectivity index (χ2v) is 15.0. The average Bonchev–Trinajstić information content (AvgIpc) is 3.29. The zero-order valence-electron chi connectivity index (χ0n) is 31.4. The van der Waals surface area contributed by atoms with Crippen LogP contribution in [-0.4, -0.2) is 9.97 Å². The van der Waals surface area contributed by atoms with Gasteiger partial charge in [-0.2, -0.15) is 0 Å². The second-order valence-electron chi connectivity index (χ2n) is 15.0. The molecule has 10 aromatic carbocycles. The van der Waals surface area contributed by atoms with E-state index in [0.717, 1.165) is 45.2 Å². The lowest BCUT2D eigenvalue weighted by molar-refractivity contribution is 1.20. The molecule has 0 aliphatic carbocycles. The fourth-order valence-electron chi connectivity index (χ4n) is 9.31. The van der Waals surface area contributed by atoms with Gasteiger partial charge in [0.25, 0.3) is 0 Å². The molecule has 0 N–H and O–H groups in total. The van der Waals surface area contributed by atoms with E-state index < -0.39 is 0 Å². The van der Waals surface area contributed by atoms with Gasteiger partial charge in [-0.05, 0) is 91.6 Å². The maximum atomic E-state index is 5.02. The van der Waals surface area contributed by atoms with E-state index in [4.69, 9.17) is 9.97 Å². The van der Waals surface area contributed by atoms with E-state index in [2.05, 4.69) is 192 Å². The first kappa shape index (κ1) is 32.4. The van der Waals surface area contributed by atoms with Gasteiger partial charge in [-0.15, -0.1) is 0 Å². The largest absolute Gasteiger partial charge is 0.293 e. The van der Waals surface area contributed by atoms with Crippen molar-refractivity contribution in [3.63, 3.8) is 0 Å². The number of benzene rings is 10. The van der Waals surface area contributed by atoms with Gasteiger partial charge in [0, 0.05) is 44.7 Å². The van der Waals surface area contributed by atoms with E-state index >= 15 is 0 Å². The highest BCUT2D eigenvalue weighted by atomic mass is 15.2. The summed E-state index contributed by atoms with van der Waals surface area (Å²) in [6.07, 6.45) is 3.78. The van der Waals surface area contributed by atoms with Gasteiger partial charge in [-0.1, -0.05) is 146 Å². The van der Waals surface area contributed by atoms with Crippen molar-refractivity contribution in [3.8, 4) is 0 Å². The Morgan fingerprint density at radius 1 is 0.276 bits per heavy atom. The average molecular weight is 739 g/mol. The molecule has 4 nitrogen and oxygen atoms in total. The number of aromatic nitrogens is 2. The predicted molar refractivity (Wildman–Crippen MR) is 245 cm³/mol. The van der Waals surface area contributed by atoms with Crippen LogP contribution >= 0.6 is 0 Å². The summed E-state index contributed by atoms with van der Waals surface area (Å²) in [5.41, 5.74) is 4.39. The van der Waals surface area contributed by atoms with Crippen molar-refractivity contribution in [2.75, 3.05) is 9.80 Å². The van der Waals surface area contributed by atoms with Crippen molar-refractivity contribution in [1.29, 1.82) is 0 Å². The van der Waals surface area contributed by atoms with Crippen molar-refractivity contribution in [3.05, 3.63) is 207 Å². The smallest absolute Gasteiger partial charge is 0.137 e. The molecule has 0 spiro atoms. The summed E-state index contributed by atoms with van der Waals surface area (Å²) in [5, 5.41) is 16.6. The van der Waals surface area contributed by atoms with Crippen LogP contribution in [-0.2, 0) is 0 Å². The number of fused-ring (bicyclic) bond motifs is 4. The number of pyridine rings is 2. The minimum absolute atomic E-state index is 0.865. The predicted octanol–water partition coefficient (Wildman–Crippen LogP) is 14.9. The molecule has 0 unspecified atom stereocenters. The first-order chi connectivity index (χ1) is 28.8. The molecule has 0 atom stereocenters. The molecule has 270 valence electrons. The SMILES string of the molecule is c1ccc(N(c2c3ccccc3cc3ccccc23)c2ccc3ccc4c(N(c5ccccn5)c5c6ccccc6cc6ccccc56)ccc5ccc2c3c54)nc1. The zero-order chi connectivity index (χ0) is 38.2. The molecule has 0 fully saturated rings. The Morgan fingerprint density at radius 2 is 0.621 bits per heavy atom. The molecule has 4 heteroatoms. The quantitative estimate of drug-likeness (QED) is 0.126. The van der Waals surface area contributed by atoms with E-state index in [1.807, 2.05) is 24.5 Å². The maximum absolute atomic E-state index is 5.02. The highest BCUT2D eigenvalue weighted by molar-refractivity contribution is 6.29. The van der Waals surface area contributed by atoms with Crippen LogP contribution in [0.15, 0.2) is 207 Å². The van der Waals surface area contributed by atoms with E-state index in [-0.39, 0.29) is 0 Å². The lowest BCUT2D eigenvalue weighted by Crippen LogP contribution is -2.14. The van der Waals surface area contributed by atoms with Crippen LogP contribution in [0, 0.1) is 0 Å². The second kappa shape index (κ2) is 12.9. The van der Waals surface area contributed by atoms with Crippen LogP contribution in [0.2, 0.25) is 0 Å². The summed E-state index contributed by atoms with van der Waals surface area (Å²) in [7, 11) is 0. The van der Waals surface area contributed by atoms with Crippen LogP contribution in [0.3, 0.4) is 0 Å². The van der Waals surface area contributed by atoms with Crippen molar-refractivity contribution >= 4 is 110 Å². The molecule has 0 aliphatic rings. The molecule has 58 heavy (non-hydrogen) atoms. The number of hydrogen-bond donors (Lipinski definition) is 0. The number of hydrogen-bond acceptors (Lipinski definition) is 4. The molecule has 2 aromatic heterocycles. The Kier molecular flexibility index (Phi) is 7.20. The first-order valence-electron chi connectivity index (χ1n) is 19.7. The Balaban J connectivity index is 1.18. The summed E-state index contributed by atoms with van der Waals surface area (Å²) in [6.45, 7) is 0. The van der Waals surface area contributed by atoms with Crippen LogP contribution in [0.25, 0.3) is 75.4 Å². The van der Waals surface area contributed by atoms with E-state index in [1.54, 1.807) is 0 Å². The Morgan fingerprint density at radius 3 is 0.983 bits per heavy atom. The molecule has 0 saturated heterocycles. The fourth-order valence-corrected chi connectivity index (χ4v) is 9.31. The van der Waals surface area contributed by atoms with E-state index in [0.29, 0.717) is 0 Å². The summed E-state index contributed by atoms with van der Waals surface area (Å²) in [6, 6.07) is 70.0. The first-order valence-corrected chi connectivity index (χ1v) is 19.7. The third-order valence-corrected chi connectivity index (χ3v) is 11.8. The monoisotopic (exact) mass is 738 g/mol. The summed E-state index contributed by atoms with van der Waals surface area (Å²) >= 11 is 0. The van der Waals surface area contributed by atoms with Gasteiger partial charge in [0.05, 0.1) is 22.7 Å². The highest BCUT2D eigenvalue weighted by Gasteiger charge is 2.26. The third-order valence-electron chi connectivity index (χ3n) is 11.8. The normalized spacial score (nSPS) is 11.8. The Labute approximate surface area is 334 Å². The molecule has 0 bridgehead atoms. The minimum atomic E-state index is 0.865. The van der Waals surface area contributed by atoms with Gasteiger partial charge in [0.2, 0.25) is 0 Å². The molecular weight excluding hydrogens is 705 g/mol. The number of anilines is 6. The van der Waals surface area contributed by atoms with Crippen LogP contribution < -0.4 is 9.80 Å².